The van der Waals surface area contributed by atoms with Gasteiger partial charge >= 0.3 is 0 Å². The van der Waals surface area contributed by atoms with E-state index in [-0.39, 0.29) is 6.04 Å². The molecule has 2 heterocycles. The van der Waals surface area contributed by atoms with E-state index in [2.05, 4.69) is 21.8 Å². The molecule has 0 unspecified atom stereocenters. The summed E-state index contributed by atoms with van der Waals surface area (Å²) in [6, 6.07) is 0.239. The molecule has 2 rings (SSSR count). The molecule has 1 aliphatic heterocycles. The molecule has 1 aliphatic rings. The van der Waals surface area contributed by atoms with Crippen LogP contribution in [0.1, 0.15) is 24.4 Å². The minimum Gasteiger partial charge on any atom is -0.314 e. The van der Waals surface area contributed by atoms with Crippen molar-refractivity contribution in [2.24, 2.45) is 0 Å². The summed E-state index contributed by atoms with van der Waals surface area (Å²) in [5, 5.41) is 4.67. The highest BCUT2D eigenvalue weighted by Gasteiger charge is 2.25. The Labute approximate surface area is 124 Å². The van der Waals surface area contributed by atoms with E-state index in [1.807, 2.05) is 6.08 Å². The van der Waals surface area contributed by atoms with Crippen molar-refractivity contribution in [3.63, 3.8) is 0 Å². The lowest BCUT2D eigenvalue weighted by Crippen LogP contribution is -2.45. The Balaban J connectivity index is 2.27. The fourth-order valence-electron chi connectivity index (χ4n) is 2.52. The van der Waals surface area contributed by atoms with Crippen LogP contribution in [-0.2, 0) is 0 Å². The molecule has 104 valence electrons. The van der Waals surface area contributed by atoms with E-state index in [4.69, 9.17) is 23.2 Å². The van der Waals surface area contributed by atoms with Crippen LogP contribution in [0.5, 0.6) is 0 Å². The quantitative estimate of drug-likeness (QED) is 0.846. The molecule has 0 aromatic carbocycles. The molecule has 0 bridgehead atoms. The molecule has 0 saturated carbocycles. The summed E-state index contributed by atoms with van der Waals surface area (Å²) < 4.78 is 0. The number of rotatable bonds is 5. The number of nitrogens with one attached hydrogen (secondary N) is 1. The topological polar surface area (TPSA) is 28.2 Å². The zero-order valence-electron chi connectivity index (χ0n) is 10.9. The maximum Gasteiger partial charge on any atom is 0.0652 e. The van der Waals surface area contributed by atoms with E-state index in [0.29, 0.717) is 10.0 Å². The Kier molecular flexibility index (Phi) is 5.64. The SMILES string of the molecule is C=CCC[C@H](c1c(Cl)cncc1Cl)N1CCNCC1. The highest BCUT2D eigenvalue weighted by Crippen LogP contribution is 2.35. The summed E-state index contributed by atoms with van der Waals surface area (Å²) in [5.74, 6) is 0. The van der Waals surface area contributed by atoms with Crippen molar-refractivity contribution >= 4 is 23.2 Å². The van der Waals surface area contributed by atoms with Gasteiger partial charge in [-0.15, -0.1) is 6.58 Å². The van der Waals surface area contributed by atoms with Gasteiger partial charge in [0.25, 0.3) is 0 Å². The van der Waals surface area contributed by atoms with Crippen molar-refractivity contribution < 1.29 is 0 Å². The summed E-state index contributed by atoms with van der Waals surface area (Å²) in [6.07, 6.45) is 7.21. The molecule has 1 fully saturated rings. The molecule has 0 radical (unpaired) electrons. The maximum absolute atomic E-state index is 6.31. The van der Waals surface area contributed by atoms with Crippen molar-refractivity contribution in [1.82, 2.24) is 15.2 Å². The smallest absolute Gasteiger partial charge is 0.0652 e. The lowest BCUT2D eigenvalue weighted by molar-refractivity contribution is 0.166. The van der Waals surface area contributed by atoms with Gasteiger partial charge in [-0.05, 0) is 12.8 Å². The van der Waals surface area contributed by atoms with Gasteiger partial charge in [0, 0.05) is 50.2 Å². The van der Waals surface area contributed by atoms with Gasteiger partial charge < -0.3 is 5.32 Å². The van der Waals surface area contributed by atoms with Crippen molar-refractivity contribution in [2.75, 3.05) is 26.2 Å². The van der Waals surface area contributed by atoms with Gasteiger partial charge in [-0.2, -0.15) is 0 Å². The first-order chi connectivity index (χ1) is 9.24. The predicted molar refractivity (Wildman–Crippen MR) is 80.9 cm³/mol. The highest BCUT2D eigenvalue weighted by molar-refractivity contribution is 6.35. The van der Waals surface area contributed by atoms with Crippen molar-refractivity contribution in [3.8, 4) is 0 Å². The van der Waals surface area contributed by atoms with Crippen LogP contribution in [0.15, 0.2) is 25.0 Å². The number of hydrogen-bond acceptors (Lipinski definition) is 3. The molecule has 1 aromatic rings. The van der Waals surface area contributed by atoms with E-state index in [9.17, 15) is 0 Å². The van der Waals surface area contributed by atoms with Gasteiger partial charge in [0.05, 0.1) is 10.0 Å². The molecule has 1 saturated heterocycles. The molecule has 19 heavy (non-hydrogen) atoms. The minimum absolute atomic E-state index is 0.239. The van der Waals surface area contributed by atoms with Gasteiger partial charge in [0.15, 0.2) is 0 Å². The molecule has 0 spiro atoms. The molecule has 0 amide bonds. The summed E-state index contributed by atoms with van der Waals surface area (Å²) in [6.45, 7) is 7.84. The van der Waals surface area contributed by atoms with Crippen molar-refractivity contribution in [3.05, 3.63) is 40.7 Å². The van der Waals surface area contributed by atoms with E-state index in [1.54, 1.807) is 12.4 Å². The normalized spacial score (nSPS) is 18.2. The van der Waals surface area contributed by atoms with Gasteiger partial charge in [0.1, 0.15) is 0 Å². The second kappa shape index (κ2) is 7.25. The van der Waals surface area contributed by atoms with Crippen LogP contribution < -0.4 is 5.32 Å². The largest absolute Gasteiger partial charge is 0.314 e. The van der Waals surface area contributed by atoms with E-state index < -0.39 is 0 Å². The molecular formula is C14H19Cl2N3. The first-order valence-electron chi connectivity index (χ1n) is 6.58. The van der Waals surface area contributed by atoms with Crippen LogP contribution in [0, 0.1) is 0 Å². The fraction of sp³-hybridized carbons (Fsp3) is 0.500. The van der Waals surface area contributed by atoms with Gasteiger partial charge in [-0.3, -0.25) is 9.88 Å². The number of nitrogens with zero attached hydrogens (tertiary/aromatic N) is 2. The monoisotopic (exact) mass is 299 g/mol. The Hall–Kier alpha value is -0.610. The van der Waals surface area contributed by atoms with Crippen LogP contribution in [0.2, 0.25) is 10.0 Å². The maximum atomic E-state index is 6.31. The Morgan fingerprint density at radius 3 is 2.53 bits per heavy atom. The number of hydrogen-bond donors (Lipinski definition) is 1. The molecule has 0 aliphatic carbocycles. The third-order valence-corrected chi connectivity index (χ3v) is 4.06. The molecule has 1 aromatic heterocycles. The number of pyridine rings is 1. The first-order valence-corrected chi connectivity index (χ1v) is 7.34. The molecule has 1 N–H and O–H groups in total. The summed E-state index contributed by atoms with van der Waals surface area (Å²) >= 11 is 12.6. The minimum atomic E-state index is 0.239. The third kappa shape index (κ3) is 3.69. The highest BCUT2D eigenvalue weighted by atomic mass is 35.5. The number of aromatic nitrogens is 1. The fourth-order valence-corrected chi connectivity index (χ4v) is 3.14. The average molecular weight is 300 g/mol. The lowest BCUT2D eigenvalue weighted by atomic mass is 10.0. The number of halogens is 2. The van der Waals surface area contributed by atoms with Crippen LogP contribution >= 0.6 is 23.2 Å². The van der Waals surface area contributed by atoms with Gasteiger partial charge in [-0.1, -0.05) is 29.3 Å². The van der Waals surface area contributed by atoms with Crippen molar-refractivity contribution in [2.45, 2.75) is 18.9 Å². The second-order valence-electron chi connectivity index (χ2n) is 4.68. The Morgan fingerprint density at radius 1 is 1.32 bits per heavy atom. The Bertz CT molecular complexity index is 410. The summed E-state index contributed by atoms with van der Waals surface area (Å²) in [7, 11) is 0. The summed E-state index contributed by atoms with van der Waals surface area (Å²) in [5.41, 5.74) is 1.00. The average Bonchev–Trinajstić information content (AvgIpc) is 2.43. The summed E-state index contributed by atoms with van der Waals surface area (Å²) in [4.78, 5) is 6.47. The Morgan fingerprint density at radius 2 is 1.95 bits per heavy atom. The lowest BCUT2D eigenvalue weighted by Gasteiger charge is -2.35. The van der Waals surface area contributed by atoms with Crippen LogP contribution in [0.4, 0.5) is 0 Å². The zero-order valence-corrected chi connectivity index (χ0v) is 12.4. The van der Waals surface area contributed by atoms with Crippen LogP contribution in [0.25, 0.3) is 0 Å². The molecule has 1 atom stereocenters. The second-order valence-corrected chi connectivity index (χ2v) is 5.50. The van der Waals surface area contributed by atoms with Gasteiger partial charge in [-0.25, -0.2) is 0 Å². The third-order valence-electron chi connectivity index (χ3n) is 3.46. The predicted octanol–water partition coefficient (Wildman–Crippen LogP) is 3.30. The van der Waals surface area contributed by atoms with Crippen LogP contribution in [-0.4, -0.2) is 36.1 Å². The molecular weight excluding hydrogens is 281 g/mol. The van der Waals surface area contributed by atoms with E-state index >= 15 is 0 Å². The van der Waals surface area contributed by atoms with Gasteiger partial charge in [0.2, 0.25) is 0 Å². The van der Waals surface area contributed by atoms with E-state index in [0.717, 1.165) is 44.6 Å². The van der Waals surface area contributed by atoms with Crippen LogP contribution in [0.3, 0.4) is 0 Å². The first kappa shape index (κ1) is 14.8. The number of piperazine rings is 1. The molecule has 3 nitrogen and oxygen atoms in total. The van der Waals surface area contributed by atoms with E-state index in [1.165, 1.54) is 0 Å². The number of allylic oxidation sites excluding steroid dienone is 1. The standard InChI is InChI=1S/C14H19Cl2N3/c1-2-3-4-13(19-7-5-17-6-8-19)14-11(15)9-18-10-12(14)16/h2,9-10,13,17H,1,3-8H2/t13-/m1/s1. The molecule has 5 heteroatoms. The zero-order chi connectivity index (χ0) is 13.7. The van der Waals surface area contributed by atoms with Crippen molar-refractivity contribution in [1.29, 1.82) is 0 Å².